The van der Waals surface area contributed by atoms with Crippen LogP contribution in [-0.2, 0) is 9.59 Å². The number of anilines is 2. The summed E-state index contributed by atoms with van der Waals surface area (Å²) in [6.07, 6.45) is 0.257. The summed E-state index contributed by atoms with van der Waals surface area (Å²) in [6.45, 7) is 3.45. The minimum Gasteiger partial charge on any atom is -0.373 e. The van der Waals surface area contributed by atoms with Crippen LogP contribution in [0.1, 0.15) is 26.7 Å². The van der Waals surface area contributed by atoms with Crippen LogP contribution in [0.4, 0.5) is 11.4 Å². The van der Waals surface area contributed by atoms with E-state index >= 15 is 0 Å². The maximum absolute atomic E-state index is 12.0. The van der Waals surface area contributed by atoms with Crippen LogP contribution >= 0.6 is 24.4 Å². The van der Waals surface area contributed by atoms with Gasteiger partial charge in [-0.15, -0.1) is 10.2 Å². The molecular weight excluding hydrogens is 400 g/mol. The van der Waals surface area contributed by atoms with Gasteiger partial charge in [0.2, 0.25) is 22.0 Å². The quantitative estimate of drug-likeness (QED) is 0.372. The number of nitrogens with zero attached hydrogens (tertiary/aromatic N) is 4. The molecule has 0 aliphatic carbocycles. The average Bonchev–Trinajstić information content (AvgIpc) is 2.59. The Labute approximate surface area is 173 Å². The van der Waals surface area contributed by atoms with E-state index < -0.39 is 0 Å². The topological polar surface area (TPSA) is 160 Å². The lowest BCUT2D eigenvalue weighted by atomic mass is 10.2. The monoisotopic (exact) mass is 422 g/mol. The molecule has 1 rings (SSSR count). The van der Waals surface area contributed by atoms with Gasteiger partial charge in [-0.3, -0.25) is 9.59 Å². The van der Waals surface area contributed by atoms with Gasteiger partial charge in [0.1, 0.15) is 0 Å². The largest absolute Gasteiger partial charge is 0.373 e. The standard InChI is InChI=1S/C16H22N8O2S2/c1-9(21-23-15(17)27)7-13(25)19-11-3-5-12(6-4-11)20-14(26)8-10(2)22-24-16(18)28/h3-6,9-10H,7-8H2,1-2H3,(H2,17,27)(H2,18,28)(H,19,25)(H,20,26)/t9-,10+. The SMILES string of the molecule is C[C@H](CC(=O)Nc1ccc(NC(=O)C[C@H](C)N=NC(N)=S)cc1)N=NC(N)=S. The Balaban J connectivity index is 2.50. The maximum atomic E-state index is 12.0. The molecule has 0 aliphatic heterocycles. The van der Waals surface area contributed by atoms with Gasteiger partial charge >= 0.3 is 0 Å². The maximum Gasteiger partial charge on any atom is 0.226 e. The molecule has 0 saturated carbocycles. The van der Waals surface area contributed by atoms with Gasteiger partial charge in [0.15, 0.2) is 0 Å². The summed E-state index contributed by atoms with van der Waals surface area (Å²) in [5.41, 5.74) is 11.6. The van der Waals surface area contributed by atoms with Gasteiger partial charge < -0.3 is 22.1 Å². The fraction of sp³-hybridized carbons (Fsp3) is 0.375. The van der Waals surface area contributed by atoms with Crippen LogP contribution < -0.4 is 22.1 Å². The van der Waals surface area contributed by atoms with Crippen LogP contribution in [0.3, 0.4) is 0 Å². The molecule has 0 aromatic heterocycles. The number of hydrogen-bond donors (Lipinski definition) is 4. The van der Waals surface area contributed by atoms with E-state index in [0.29, 0.717) is 11.4 Å². The number of carbonyl (C=O) groups excluding carboxylic acids is 2. The predicted octanol–water partition coefficient (Wildman–Crippen LogP) is 2.51. The van der Waals surface area contributed by atoms with Gasteiger partial charge in [-0.1, -0.05) is 0 Å². The van der Waals surface area contributed by atoms with Crippen molar-refractivity contribution >= 4 is 57.8 Å². The normalized spacial score (nSPS) is 13.2. The molecule has 0 saturated heterocycles. The van der Waals surface area contributed by atoms with E-state index in [4.69, 9.17) is 11.5 Å². The van der Waals surface area contributed by atoms with Gasteiger partial charge in [-0.25, -0.2) is 0 Å². The third kappa shape index (κ3) is 10.3. The highest BCUT2D eigenvalue weighted by atomic mass is 32.1. The van der Waals surface area contributed by atoms with Crippen molar-refractivity contribution in [3.8, 4) is 0 Å². The summed E-state index contributed by atoms with van der Waals surface area (Å²) in [4.78, 5) is 24.0. The lowest BCUT2D eigenvalue weighted by Gasteiger charge is -2.10. The molecule has 150 valence electrons. The number of azo groups is 2. The van der Waals surface area contributed by atoms with Crippen molar-refractivity contribution in [3.05, 3.63) is 24.3 Å². The van der Waals surface area contributed by atoms with Crippen molar-refractivity contribution in [1.82, 2.24) is 0 Å². The lowest BCUT2D eigenvalue weighted by molar-refractivity contribution is -0.117. The highest BCUT2D eigenvalue weighted by Crippen LogP contribution is 2.15. The minimum absolute atomic E-state index is 0.0785. The summed E-state index contributed by atoms with van der Waals surface area (Å²) in [7, 11) is 0. The van der Waals surface area contributed by atoms with Crippen molar-refractivity contribution in [1.29, 1.82) is 0 Å². The summed E-state index contributed by atoms with van der Waals surface area (Å²) in [6, 6.07) is 5.98. The Hall–Kier alpha value is -2.86. The van der Waals surface area contributed by atoms with Crippen molar-refractivity contribution in [2.45, 2.75) is 38.8 Å². The van der Waals surface area contributed by atoms with Crippen LogP contribution in [0.15, 0.2) is 44.7 Å². The summed E-state index contributed by atoms with van der Waals surface area (Å²) < 4.78 is 0. The summed E-state index contributed by atoms with van der Waals surface area (Å²) >= 11 is 9.17. The molecule has 10 nitrogen and oxygen atoms in total. The van der Waals surface area contributed by atoms with Gasteiger partial charge in [0, 0.05) is 11.4 Å². The van der Waals surface area contributed by atoms with Gasteiger partial charge in [0.25, 0.3) is 0 Å². The smallest absolute Gasteiger partial charge is 0.226 e. The number of nitrogens with one attached hydrogen (secondary N) is 2. The second-order valence-corrected chi connectivity index (χ2v) is 6.72. The fourth-order valence-corrected chi connectivity index (χ4v) is 2.08. The number of carbonyl (C=O) groups is 2. The summed E-state index contributed by atoms with van der Waals surface area (Å²) in [5, 5.41) is 20.1. The van der Waals surface area contributed by atoms with Crippen LogP contribution in [0.2, 0.25) is 0 Å². The van der Waals surface area contributed by atoms with Crippen LogP contribution in [-0.4, -0.2) is 34.1 Å². The Morgan fingerprint density at radius 2 is 1.18 bits per heavy atom. The Bertz CT molecular complexity index is 714. The molecule has 6 N–H and O–H groups in total. The summed E-state index contributed by atoms with van der Waals surface area (Å²) in [5.74, 6) is -0.466. The second-order valence-electron chi connectivity index (χ2n) is 5.89. The van der Waals surface area contributed by atoms with E-state index in [2.05, 4.69) is 55.5 Å². The van der Waals surface area contributed by atoms with E-state index in [1.165, 1.54) is 0 Å². The highest BCUT2D eigenvalue weighted by molar-refractivity contribution is 7.80. The third-order valence-corrected chi connectivity index (χ3v) is 3.28. The Morgan fingerprint density at radius 3 is 1.46 bits per heavy atom. The van der Waals surface area contributed by atoms with Crippen molar-refractivity contribution in [3.63, 3.8) is 0 Å². The van der Waals surface area contributed by atoms with E-state index in [0.717, 1.165) is 0 Å². The van der Waals surface area contributed by atoms with Crippen molar-refractivity contribution in [2.75, 3.05) is 10.6 Å². The first-order valence-corrected chi connectivity index (χ1v) is 9.07. The molecule has 2 atom stereocenters. The number of rotatable bonds is 8. The molecule has 0 unspecified atom stereocenters. The van der Waals surface area contributed by atoms with E-state index in [1.807, 2.05) is 0 Å². The van der Waals surface area contributed by atoms with E-state index in [9.17, 15) is 9.59 Å². The molecule has 1 aromatic rings. The second kappa shape index (κ2) is 11.8. The first-order valence-electron chi connectivity index (χ1n) is 8.26. The average molecular weight is 423 g/mol. The molecule has 2 amide bonds. The van der Waals surface area contributed by atoms with Crippen LogP contribution in [0.25, 0.3) is 0 Å². The number of benzene rings is 1. The number of thiocarbonyl (C=S) groups is 2. The van der Waals surface area contributed by atoms with Gasteiger partial charge in [-0.05, 0) is 62.5 Å². The molecule has 0 aliphatic rings. The van der Waals surface area contributed by atoms with Crippen LogP contribution in [0.5, 0.6) is 0 Å². The molecular formula is C16H22N8O2S2. The Kier molecular flexibility index (Phi) is 9.74. The molecule has 0 bridgehead atoms. The zero-order valence-electron chi connectivity index (χ0n) is 15.5. The first kappa shape index (κ1) is 23.2. The zero-order valence-corrected chi connectivity index (χ0v) is 17.1. The van der Waals surface area contributed by atoms with Crippen molar-refractivity contribution < 1.29 is 9.59 Å². The van der Waals surface area contributed by atoms with Gasteiger partial charge in [0.05, 0.1) is 24.9 Å². The predicted molar refractivity (Wildman–Crippen MR) is 115 cm³/mol. The van der Waals surface area contributed by atoms with E-state index in [-0.39, 0.29) is 47.0 Å². The highest BCUT2D eigenvalue weighted by Gasteiger charge is 2.10. The van der Waals surface area contributed by atoms with Gasteiger partial charge in [-0.2, -0.15) is 10.2 Å². The lowest BCUT2D eigenvalue weighted by Crippen LogP contribution is -2.18. The zero-order chi connectivity index (χ0) is 21.1. The molecule has 12 heteroatoms. The molecule has 1 aromatic carbocycles. The molecule has 0 spiro atoms. The van der Waals surface area contributed by atoms with Crippen molar-refractivity contribution in [2.24, 2.45) is 31.9 Å². The number of hydrogen-bond acceptors (Lipinski definition) is 6. The fourth-order valence-electron chi connectivity index (χ4n) is 1.99. The van der Waals surface area contributed by atoms with E-state index in [1.54, 1.807) is 38.1 Å². The first-order chi connectivity index (χ1) is 13.2. The Morgan fingerprint density at radius 1 is 0.857 bits per heavy atom. The number of amides is 2. The molecule has 0 radical (unpaired) electrons. The minimum atomic E-state index is -0.354. The third-order valence-electron chi connectivity index (χ3n) is 3.12. The molecule has 0 fully saturated rings. The number of nitrogens with two attached hydrogens (primary N) is 2. The molecule has 28 heavy (non-hydrogen) atoms. The molecule has 0 heterocycles. The van der Waals surface area contributed by atoms with Crippen LogP contribution in [0, 0.1) is 0 Å².